The summed E-state index contributed by atoms with van der Waals surface area (Å²) in [5.74, 6) is 0. The molecule has 0 radical (unpaired) electrons. The molecule has 21 heavy (non-hydrogen) atoms. The van der Waals surface area contributed by atoms with Gasteiger partial charge in [-0.3, -0.25) is 0 Å². The maximum absolute atomic E-state index is 12.9. The second-order valence-electron chi connectivity index (χ2n) is 9.31. The minimum absolute atomic E-state index is 0.233. The van der Waals surface area contributed by atoms with Crippen LogP contribution in [0.15, 0.2) is 0 Å². The van der Waals surface area contributed by atoms with Crippen LogP contribution < -0.4 is 5.32 Å². The van der Waals surface area contributed by atoms with Crippen molar-refractivity contribution in [3.05, 3.63) is 0 Å². The zero-order chi connectivity index (χ0) is 17.1. The smallest absolute Gasteiger partial charge is 0.410 e. The first-order chi connectivity index (χ1) is 8.96. The van der Waals surface area contributed by atoms with E-state index in [1.165, 1.54) is 0 Å². The third kappa shape index (κ3) is 2.94. The predicted octanol–water partition coefficient (Wildman–Crippen LogP) is 2.51. The van der Waals surface area contributed by atoms with Gasteiger partial charge in [-0.15, -0.1) is 0 Å². The van der Waals surface area contributed by atoms with E-state index in [1.54, 1.807) is 0 Å². The second-order valence-corrected chi connectivity index (χ2v) is 9.31. The highest BCUT2D eigenvalue weighted by atomic mass is 16.6. The maximum atomic E-state index is 12.9. The number of ether oxygens (including phenoxy) is 1. The Bertz CT molecular complexity index is 408. The normalized spacial score (nSPS) is 30.9. The predicted molar refractivity (Wildman–Crippen MR) is 90.4 cm³/mol. The van der Waals surface area contributed by atoms with Crippen LogP contribution in [-0.2, 0) is 4.74 Å². The van der Waals surface area contributed by atoms with Crippen molar-refractivity contribution < 1.29 is 9.53 Å². The number of amides is 1. The van der Waals surface area contributed by atoms with Gasteiger partial charge in [0.05, 0.1) is 5.54 Å². The Balaban J connectivity index is 3.37. The van der Waals surface area contributed by atoms with E-state index >= 15 is 0 Å². The van der Waals surface area contributed by atoms with Gasteiger partial charge in [-0.1, -0.05) is 0 Å². The van der Waals surface area contributed by atoms with Crippen molar-refractivity contribution in [1.82, 2.24) is 10.2 Å². The van der Waals surface area contributed by atoms with Gasteiger partial charge in [-0.2, -0.15) is 0 Å². The SMILES string of the molecule is BC1(C)N(C(=O)OC(C)(C)C)C(C)(C)C(C)(C)NC1(C)C. The third-order valence-electron chi connectivity index (χ3n) is 5.38. The van der Waals surface area contributed by atoms with Crippen molar-refractivity contribution in [2.24, 2.45) is 0 Å². The lowest BCUT2D eigenvalue weighted by atomic mass is 9.58. The molecule has 0 aliphatic carbocycles. The molecule has 0 bridgehead atoms. The minimum Gasteiger partial charge on any atom is -0.444 e. The molecule has 1 atom stereocenters. The number of carbonyl (C=O) groups excluding carboxylic acids is 1. The Morgan fingerprint density at radius 1 is 1.00 bits per heavy atom. The van der Waals surface area contributed by atoms with Crippen LogP contribution in [0.5, 0.6) is 0 Å². The van der Waals surface area contributed by atoms with E-state index in [2.05, 4.69) is 61.6 Å². The molecule has 1 aliphatic rings. The standard InChI is InChI=1S/C16H33BN2O2/c1-12(2,3)21-11(20)19-15(8,9)13(4,5)18-14(6,7)16(19,10)17/h18H,17H2,1-10H3. The van der Waals surface area contributed by atoms with E-state index in [1.807, 2.05) is 25.7 Å². The Morgan fingerprint density at radius 3 is 1.81 bits per heavy atom. The molecule has 1 heterocycles. The number of rotatable bonds is 0. The Labute approximate surface area is 131 Å². The van der Waals surface area contributed by atoms with E-state index in [-0.39, 0.29) is 28.1 Å². The zero-order valence-corrected chi connectivity index (χ0v) is 15.8. The molecule has 0 aromatic carbocycles. The van der Waals surface area contributed by atoms with Crippen LogP contribution in [-0.4, -0.2) is 46.5 Å². The molecule has 5 heteroatoms. The summed E-state index contributed by atoms with van der Waals surface area (Å²) in [6.07, 6.45) is -0.250. The van der Waals surface area contributed by atoms with Crippen molar-refractivity contribution in [3.63, 3.8) is 0 Å². The van der Waals surface area contributed by atoms with Gasteiger partial charge >= 0.3 is 6.09 Å². The van der Waals surface area contributed by atoms with Crippen LogP contribution in [0.2, 0.25) is 0 Å². The van der Waals surface area contributed by atoms with Gasteiger partial charge < -0.3 is 15.0 Å². The third-order valence-corrected chi connectivity index (χ3v) is 5.38. The van der Waals surface area contributed by atoms with Crippen molar-refractivity contribution in [3.8, 4) is 0 Å². The number of hydrogen-bond donors (Lipinski definition) is 1. The molecule has 1 saturated heterocycles. The molecule has 0 aromatic heterocycles. The first-order valence-electron chi connectivity index (χ1n) is 7.78. The number of hydrogen-bond acceptors (Lipinski definition) is 3. The molecule has 1 fully saturated rings. The summed E-state index contributed by atoms with van der Waals surface area (Å²) in [7, 11) is 2.10. The summed E-state index contributed by atoms with van der Waals surface area (Å²) < 4.78 is 5.69. The maximum Gasteiger partial charge on any atom is 0.410 e. The van der Waals surface area contributed by atoms with Gasteiger partial charge in [0.1, 0.15) is 13.4 Å². The van der Waals surface area contributed by atoms with E-state index in [0.717, 1.165) is 0 Å². The molecule has 1 amide bonds. The molecule has 0 aromatic rings. The fourth-order valence-electron chi connectivity index (χ4n) is 3.11. The Morgan fingerprint density at radius 2 is 1.43 bits per heavy atom. The molecule has 4 nitrogen and oxygen atoms in total. The fourth-order valence-corrected chi connectivity index (χ4v) is 3.11. The molecule has 1 unspecified atom stereocenters. The lowest BCUT2D eigenvalue weighted by Crippen LogP contribution is -2.85. The number of carbonyl (C=O) groups is 1. The van der Waals surface area contributed by atoms with Crippen molar-refractivity contribution in [2.75, 3.05) is 0 Å². The van der Waals surface area contributed by atoms with Gasteiger partial charge in [0.15, 0.2) is 0 Å². The van der Waals surface area contributed by atoms with Crippen LogP contribution in [0.1, 0.15) is 69.2 Å². The number of piperazine rings is 1. The molecule has 1 N–H and O–H groups in total. The van der Waals surface area contributed by atoms with Gasteiger partial charge in [0.25, 0.3) is 0 Å². The highest BCUT2D eigenvalue weighted by molar-refractivity contribution is 6.17. The lowest BCUT2D eigenvalue weighted by Gasteiger charge is -2.66. The fraction of sp³-hybridized carbons (Fsp3) is 0.938. The molecule has 0 saturated carbocycles. The topological polar surface area (TPSA) is 41.6 Å². The van der Waals surface area contributed by atoms with Crippen molar-refractivity contribution >= 4 is 13.9 Å². The van der Waals surface area contributed by atoms with E-state index < -0.39 is 5.60 Å². The number of nitrogens with zero attached hydrogens (tertiary/aromatic N) is 1. The van der Waals surface area contributed by atoms with Gasteiger partial charge in [0, 0.05) is 16.5 Å². The summed E-state index contributed by atoms with van der Waals surface area (Å²) in [6.45, 7) is 20.6. The summed E-state index contributed by atoms with van der Waals surface area (Å²) >= 11 is 0. The summed E-state index contributed by atoms with van der Waals surface area (Å²) in [5, 5.41) is 3.71. The van der Waals surface area contributed by atoms with Gasteiger partial charge in [-0.05, 0) is 69.2 Å². The van der Waals surface area contributed by atoms with E-state index in [0.29, 0.717) is 0 Å². The largest absolute Gasteiger partial charge is 0.444 e. The molecule has 122 valence electrons. The van der Waals surface area contributed by atoms with Crippen LogP contribution in [0.3, 0.4) is 0 Å². The second kappa shape index (κ2) is 4.64. The van der Waals surface area contributed by atoms with Crippen molar-refractivity contribution in [2.45, 2.75) is 96.9 Å². The average Bonchev–Trinajstić information content (AvgIpc) is 2.08. The van der Waals surface area contributed by atoms with Crippen molar-refractivity contribution in [1.29, 1.82) is 0 Å². The first kappa shape index (κ1) is 18.3. The molecular weight excluding hydrogens is 263 g/mol. The van der Waals surface area contributed by atoms with Crippen LogP contribution in [0.4, 0.5) is 4.79 Å². The first-order valence-corrected chi connectivity index (χ1v) is 7.78. The van der Waals surface area contributed by atoms with Gasteiger partial charge in [0.2, 0.25) is 0 Å². The van der Waals surface area contributed by atoms with Crippen LogP contribution in [0, 0.1) is 0 Å². The lowest BCUT2D eigenvalue weighted by molar-refractivity contribution is -0.0980. The van der Waals surface area contributed by atoms with E-state index in [9.17, 15) is 4.79 Å². The number of nitrogens with one attached hydrogen (secondary N) is 1. The van der Waals surface area contributed by atoms with Gasteiger partial charge in [-0.25, -0.2) is 4.79 Å². The minimum atomic E-state index is -0.498. The molecule has 1 rings (SSSR count). The Hall–Kier alpha value is -0.705. The average molecular weight is 296 g/mol. The highest BCUT2D eigenvalue weighted by Crippen LogP contribution is 2.44. The summed E-state index contributed by atoms with van der Waals surface area (Å²) in [6, 6.07) is 0. The summed E-state index contributed by atoms with van der Waals surface area (Å²) in [5.41, 5.74) is -1.73. The van der Waals surface area contributed by atoms with Crippen LogP contribution >= 0.6 is 0 Å². The zero-order valence-electron chi connectivity index (χ0n) is 15.8. The molecule has 0 spiro atoms. The van der Waals surface area contributed by atoms with Crippen LogP contribution in [0.25, 0.3) is 0 Å². The molecule has 1 aliphatic heterocycles. The summed E-state index contributed by atoms with van der Waals surface area (Å²) in [4.78, 5) is 14.8. The monoisotopic (exact) mass is 296 g/mol. The quantitative estimate of drug-likeness (QED) is 0.698. The molecular formula is C16H33BN2O2. The Kier molecular flexibility index (Phi) is 4.06. The van der Waals surface area contributed by atoms with E-state index in [4.69, 9.17) is 4.74 Å². The highest BCUT2D eigenvalue weighted by Gasteiger charge is 2.61.